The summed E-state index contributed by atoms with van der Waals surface area (Å²) in [5.74, 6) is 0.937. The molecule has 3 aromatic carbocycles. The van der Waals surface area contributed by atoms with Gasteiger partial charge in [-0.1, -0.05) is 31.2 Å². The Morgan fingerprint density at radius 2 is 1.62 bits per heavy atom. The highest BCUT2D eigenvalue weighted by atomic mass is 32.2. The lowest BCUT2D eigenvalue weighted by molar-refractivity contribution is -0.113. The van der Waals surface area contributed by atoms with Crippen LogP contribution in [0.15, 0.2) is 83.8 Å². The Morgan fingerprint density at radius 3 is 2.24 bits per heavy atom. The number of hydrogen-bond acceptors (Lipinski definition) is 6. The molecule has 0 saturated carbocycles. The zero-order valence-corrected chi connectivity index (χ0v) is 20.1. The normalized spacial score (nSPS) is 11.3. The number of anilines is 1. The maximum Gasteiger partial charge on any atom is 0.271 e. The molecule has 0 N–H and O–H groups in total. The molecule has 0 saturated heterocycles. The number of sulfonamides is 1. The highest BCUT2D eigenvalue weighted by Crippen LogP contribution is 2.30. The van der Waals surface area contributed by atoms with Crippen molar-refractivity contribution in [3.05, 3.63) is 84.4 Å². The Balaban J connectivity index is 1.96. The topological polar surface area (TPSA) is 82.1 Å². The van der Waals surface area contributed by atoms with Gasteiger partial charge in [0, 0.05) is 6.08 Å². The van der Waals surface area contributed by atoms with Crippen molar-refractivity contribution in [2.45, 2.75) is 18.2 Å². The summed E-state index contributed by atoms with van der Waals surface area (Å²) in [7, 11) is -1.12. The number of ether oxygens (including phenoxy) is 3. The highest BCUT2D eigenvalue weighted by Gasteiger charge is 2.29. The number of nitrogens with zero attached hydrogens (tertiary/aromatic N) is 1. The zero-order valence-electron chi connectivity index (χ0n) is 19.3. The van der Waals surface area contributed by atoms with Crippen LogP contribution in [0.5, 0.6) is 17.2 Å². The van der Waals surface area contributed by atoms with Crippen LogP contribution in [0, 0.1) is 0 Å². The van der Waals surface area contributed by atoms with E-state index in [-0.39, 0.29) is 10.6 Å². The van der Waals surface area contributed by atoms with Crippen molar-refractivity contribution >= 4 is 27.7 Å². The third-order valence-corrected chi connectivity index (χ3v) is 6.60. The van der Waals surface area contributed by atoms with E-state index in [0.29, 0.717) is 29.4 Å². The first kappa shape index (κ1) is 24.9. The molecule has 0 radical (unpaired) electrons. The van der Waals surface area contributed by atoms with Gasteiger partial charge in [0.15, 0.2) is 11.5 Å². The van der Waals surface area contributed by atoms with Gasteiger partial charge in [-0.25, -0.2) is 8.42 Å². The predicted octanol–water partition coefficient (Wildman–Crippen LogP) is 4.93. The van der Waals surface area contributed by atoms with E-state index in [4.69, 9.17) is 14.2 Å². The molecule has 0 aliphatic heterocycles. The molecule has 178 valence electrons. The Labute approximate surface area is 200 Å². The van der Waals surface area contributed by atoms with Gasteiger partial charge in [0.2, 0.25) is 0 Å². The SMILES string of the molecule is CCCOc1ccc(/C=C/C(=O)N(c2ccc(OC)cc2)S(=O)(=O)c2ccccc2)cc1OC. The number of carbonyl (C=O) groups is 1. The summed E-state index contributed by atoms with van der Waals surface area (Å²) in [5, 5.41) is 0. The molecule has 3 rings (SSSR count). The van der Waals surface area contributed by atoms with Gasteiger partial charge in [-0.3, -0.25) is 4.79 Å². The molecule has 0 heterocycles. The minimum Gasteiger partial charge on any atom is -0.497 e. The molecule has 8 heteroatoms. The molecule has 0 unspecified atom stereocenters. The van der Waals surface area contributed by atoms with E-state index in [9.17, 15) is 13.2 Å². The van der Waals surface area contributed by atoms with Gasteiger partial charge in [-0.05, 0) is 66.6 Å². The van der Waals surface area contributed by atoms with Gasteiger partial charge in [0.25, 0.3) is 15.9 Å². The third kappa shape index (κ3) is 5.77. The van der Waals surface area contributed by atoms with Gasteiger partial charge in [0.05, 0.1) is 31.4 Å². The fraction of sp³-hybridized carbons (Fsp3) is 0.192. The van der Waals surface area contributed by atoms with Crippen molar-refractivity contribution in [3.63, 3.8) is 0 Å². The molecule has 7 nitrogen and oxygen atoms in total. The van der Waals surface area contributed by atoms with Crippen LogP contribution < -0.4 is 18.5 Å². The van der Waals surface area contributed by atoms with Crippen molar-refractivity contribution in [3.8, 4) is 17.2 Å². The fourth-order valence-electron chi connectivity index (χ4n) is 3.15. The van der Waals surface area contributed by atoms with Gasteiger partial charge in [0.1, 0.15) is 5.75 Å². The second-order valence-electron chi connectivity index (χ2n) is 7.21. The third-order valence-electron chi connectivity index (χ3n) is 4.86. The number of rotatable bonds is 10. The van der Waals surface area contributed by atoms with E-state index in [1.807, 2.05) is 6.92 Å². The van der Waals surface area contributed by atoms with Crippen LogP contribution in [0.3, 0.4) is 0 Å². The Kier molecular flexibility index (Phi) is 8.32. The summed E-state index contributed by atoms with van der Waals surface area (Å²) in [6.45, 7) is 2.56. The second kappa shape index (κ2) is 11.4. The van der Waals surface area contributed by atoms with Crippen LogP contribution in [0.4, 0.5) is 5.69 Å². The molecular weight excluding hydrogens is 454 g/mol. The van der Waals surface area contributed by atoms with E-state index in [1.54, 1.807) is 48.5 Å². The van der Waals surface area contributed by atoms with E-state index in [0.717, 1.165) is 10.7 Å². The van der Waals surface area contributed by atoms with Crippen molar-refractivity contribution in [2.75, 3.05) is 25.1 Å². The Hall–Kier alpha value is -3.78. The van der Waals surface area contributed by atoms with E-state index >= 15 is 0 Å². The number of amides is 1. The Bertz CT molecular complexity index is 1240. The van der Waals surface area contributed by atoms with Gasteiger partial charge in [-0.15, -0.1) is 0 Å². The van der Waals surface area contributed by atoms with E-state index in [2.05, 4.69) is 0 Å². The first-order valence-electron chi connectivity index (χ1n) is 10.7. The van der Waals surface area contributed by atoms with Crippen molar-refractivity contribution in [1.82, 2.24) is 0 Å². The molecule has 34 heavy (non-hydrogen) atoms. The molecule has 0 fully saturated rings. The van der Waals surface area contributed by atoms with Gasteiger partial charge >= 0.3 is 0 Å². The largest absolute Gasteiger partial charge is 0.497 e. The molecule has 1 amide bonds. The highest BCUT2D eigenvalue weighted by molar-refractivity contribution is 7.93. The summed E-state index contributed by atoms with van der Waals surface area (Å²) >= 11 is 0. The molecular formula is C26H27NO6S. The predicted molar refractivity (Wildman–Crippen MR) is 132 cm³/mol. The number of methoxy groups -OCH3 is 2. The monoisotopic (exact) mass is 481 g/mol. The molecule has 0 spiro atoms. The minimum absolute atomic E-state index is 0.00617. The number of benzene rings is 3. The lowest BCUT2D eigenvalue weighted by Crippen LogP contribution is -2.35. The van der Waals surface area contributed by atoms with Crippen LogP contribution in [0.1, 0.15) is 18.9 Å². The lowest BCUT2D eigenvalue weighted by Gasteiger charge is -2.21. The summed E-state index contributed by atoms with van der Waals surface area (Å²) in [4.78, 5) is 13.2. The molecule has 3 aromatic rings. The first-order chi connectivity index (χ1) is 16.4. The van der Waals surface area contributed by atoms with Crippen molar-refractivity contribution in [1.29, 1.82) is 0 Å². The van der Waals surface area contributed by atoms with Crippen molar-refractivity contribution in [2.24, 2.45) is 0 Å². The molecule has 0 atom stereocenters. The average Bonchev–Trinajstić information content (AvgIpc) is 2.87. The minimum atomic E-state index is -4.16. The lowest BCUT2D eigenvalue weighted by atomic mass is 10.2. The summed E-state index contributed by atoms with van der Waals surface area (Å²) in [6, 6.07) is 19.3. The van der Waals surface area contributed by atoms with Gasteiger partial charge in [-0.2, -0.15) is 4.31 Å². The van der Waals surface area contributed by atoms with Crippen LogP contribution in [0.2, 0.25) is 0 Å². The summed E-state index contributed by atoms with van der Waals surface area (Å²) in [6.07, 6.45) is 3.61. The maximum absolute atomic E-state index is 13.4. The molecule has 0 aromatic heterocycles. The summed E-state index contributed by atoms with van der Waals surface area (Å²) < 4.78 is 43.7. The van der Waals surface area contributed by atoms with E-state index < -0.39 is 15.9 Å². The standard InChI is InChI=1S/C26H27NO6S/c1-4-18-33-24-16-10-20(19-25(24)32-3)11-17-26(28)27(21-12-14-22(31-2)15-13-21)34(29,30)23-8-6-5-7-9-23/h5-17,19H,4,18H2,1-3H3/b17-11+. The van der Waals surface area contributed by atoms with Crippen LogP contribution in [-0.2, 0) is 14.8 Å². The zero-order chi connectivity index (χ0) is 24.6. The fourth-order valence-corrected chi connectivity index (χ4v) is 4.56. The summed E-state index contributed by atoms with van der Waals surface area (Å²) in [5.41, 5.74) is 0.848. The van der Waals surface area contributed by atoms with Crippen LogP contribution >= 0.6 is 0 Å². The Morgan fingerprint density at radius 1 is 0.912 bits per heavy atom. The van der Waals surface area contributed by atoms with Gasteiger partial charge < -0.3 is 14.2 Å². The van der Waals surface area contributed by atoms with Crippen LogP contribution in [-0.4, -0.2) is 35.2 Å². The quantitative estimate of drug-likeness (QED) is 0.382. The average molecular weight is 482 g/mol. The smallest absolute Gasteiger partial charge is 0.271 e. The van der Waals surface area contributed by atoms with Crippen molar-refractivity contribution < 1.29 is 27.4 Å². The second-order valence-corrected chi connectivity index (χ2v) is 9.00. The van der Waals surface area contributed by atoms with E-state index in [1.165, 1.54) is 50.6 Å². The molecule has 0 aliphatic carbocycles. The molecule has 0 aliphatic rings. The number of carbonyl (C=O) groups excluding carboxylic acids is 1. The number of hydrogen-bond donors (Lipinski definition) is 0. The maximum atomic E-state index is 13.4. The first-order valence-corrected chi connectivity index (χ1v) is 12.1. The molecule has 0 bridgehead atoms. The van der Waals surface area contributed by atoms with Crippen LogP contribution in [0.25, 0.3) is 6.08 Å².